The van der Waals surface area contributed by atoms with Crippen molar-refractivity contribution in [2.45, 2.75) is 32.6 Å². The molecule has 0 aromatic carbocycles. The van der Waals surface area contributed by atoms with Crippen LogP contribution in [0.3, 0.4) is 0 Å². The van der Waals surface area contributed by atoms with Crippen LogP contribution in [-0.4, -0.2) is 25.5 Å². The lowest BCUT2D eigenvalue weighted by atomic mass is 9.85. The van der Waals surface area contributed by atoms with Crippen molar-refractivity contribution in [3.63, 3.8) is 0 Å². The molecule has 13 heavy (non-hydrogen) atoms. The molecule has 1 amide bonds. The van der Waals surface area contributed by atoms with Crippen molar-refractivity contribution in [3.8, 4) is 0 Å². The number of rotatable bonds is 6. The molecule has 0 unspecified atom stereocenters. The Balaban J connectivity index is 1.89. The third kappa shape index (κ3) is 3.77. The molecule has 0 radical (unpaired) electrons. The fraction of sp³-hybridized carbons (Fsp3) is 0.900. The van der Waals surface area contributed by atoms with Crippen LogP contribution in [0.2, 0.25) is 0 Å². The second kappa shape index (κ2) is 5.97. The van der Waals surface area contributed by atoms with Gasteiger partial charge in [-0.05, 0) is 32.4 Å². The fourth-order valence-corrected chi connectivity index (χ4v) is 1.42. The van der Waals surface area contributed by atoms with E-state index in [1.165, 1.54) is 6.42 Å². The largest absolute Gasteiger partial charge is 0.356 e. The first kappa shape index (κ1) is 10.5. The van der Waals surface area contributed by atoms with E-state index in [-0.39, 0.29) is 5.91 Å². The maximum Gasteiger partial charge on any atom is 0.223 e. The molecule has 0 aliphatic heterocycles. The van der Waals surface area contributed by atoms with E-state index >= 15 is 0 Å². The second-order valence-electron chi connectivity index (χ2n) is 3.63. The predicted molar refractivity (Wildman–Crippen MR) is 53.5 cm³/mol. The molecular formula is C10H20N2O. The maximum atomic E-state index is 11.3. The molecule has 1 rings (SSSR count). The van der Waals surface area contributed by atoms with Crippen molar-refractivity contribution < 1.29 is 4.79 Å². The molecule has 3 nitrogen and oxygen atoms in total. The SMILES string of the molecule is CCNCCCNC(=O)C1CCC1. The summed E-state index contributed by atoms with van der Waals surface area (Å²) in [4.78, 5) is 11.3. The van der Waals surface area contributed by atoms with E-state index < -0.39 is 0 Å². The number of hydrogen-bond donors (Lipinski definition) is 2. The first-order valence-corrected chi connectivity index (χ1v) is 5.33. The molecule has 2 N–H and O–H groups in total. The third-order valence-corrected chi connectivity index (χ3v) is 2.56. The highest BCUT2D eigenvalue weighted by atomic mass is 16.1. The third-order valence-electron chi connectivity index (χ3n) is 2.56. The van der Waals surface area contributed by atoms with Gasteiger partial charge in [0.15, 0.2) is 0 Å². The Bertz CT molecular complexity index is 155. The predicted octanol–water partition coefficient (Wildman–Crippen LogP) is 0.902. The second-order valence-corrected chi connectivity index (χ2v) is 3.63. The smallest absolute Gasteiger partial charge is 0.223 e. The number of amides is 1. The molecule has 0 heterocycles. The van der Waals surface area contributed by atoms with Crippen LogP contribution >= 0.6 is 0 Å². The minimum atomic E-state index is 0.266. The molecule has 0 saturated heterocycles. The highest BCUT2D eigenvalue weighted by Gasteiger charge is 2.24. The van der Waals surface area contributed by atoms with Crippen molar-refractivity contribution in [1.29, 1.82) is 0 Å². The summed E-state index contributed by atoms with van der Waals surface area (Å²) in [6.45, 7) is 4.92. The highest BCUT2D eigenvalue weighted by Crippen LogP contribution is 2.25. The van der Waals surface area contributed by atoms with E-state index in [1.54, 1.807) is 0 Å². The van der Waals surface area contributed by atoms with Crippen LogP contribution < -0.4 is 10.6 Å². The van der Waals surface area contributed by atoms with Gasteiger partial charge < -0.3 is 10.6 Å². The Labute approximate surface area is 80.3 Å². The minimum absolute atomic E-state index is 0.266. The van der Waals surface area contributed by atoms with Gasteiger partial charge in [-0.1, -0.05) is 13.3 Å². The van der Waals surface area contributed by atoms with Crippen LogP contribution in [0.4, 0.5) is 0 Å². The van der Waals surface area contributed by atoms with Gasteiger partial charge in [-0.15, -0.1) is 0 Å². The number of carbonyl (C=O) groups is 1. The standard InChI is InChI=1S/C10H20N2O/c1-2-11-7-4-8-12-10(13)9-5-3-6-9/h9,11H,2-8H2,1H3,(H,12,13). The first-order chi connectivity index (χ1) is 6.34. The molecule has 76 valence electrons. The molecular weight excluding hydrogens is 164 g/mol. The molecule has 0 aromatic heterocycles. The van der Waals surface area contributed by atoms with Crippen molar-refractivity contribution in [2.24, 2.45) is 5.92 Å². The summed E-state index contributed by atoms with van der Waals surface area (Å²) in [7, 11) is 0. The van der Waals surface area contributed by atoms with Gasteiger partial charge in [-0.25, -0.2) is 0 Å². The molecule has 0 atom stereocenters. The number of nitrogens with one attached hydrogen (secondary N) is 2. The van der Waals surface area contributed by atoms with Gasteiger partial charge in [0.2, 0.25) is 5.91 Å². The normalized spacial score (nSPS) is 16.7. The number of hydrogen-bond acceptors (Lipinski definition) is 2. The maximum absolute atomic E-state index is 11.3. The average molecular weight is 184 g/mol. The van der Waals surface area contributed by atoms with Gasteiger partial charge in [-0.2, -0.15) is 0 Å². The molecule has 0 bridgehead atoms. The van der Waals surface area contributed by atoms with Crippen LogP contribution in [0.25, 0.3) is 0 Å². The van der Waals surface area contributed by atoms with Crippen molar-refractivity contribution >= 4 is 5.91 Å². The van der Waals surface area contributed by atoms with Crippen LogP contribution in [0.5, 0.6) is 0 Å². The van der Waals surface area contributed by atoms with Gasteiger partial charge in [0, 0.05) is 12.5 Å². The Hall–Kier alpha value is -0.570. The summed E-state index contributed by atoms with van der Waals surface area (Å²) in [5, 5.41) is 6.19. The van der Waals surface area contributed by atoms with Gasteiger partial charge in [-0.3, -0.25) is 4.79 Å². The van der Waals surface area contributed by atoms with Crippen LogP contribution in [0, 0.1) is 5.92 Å². The van der Waals surface area contributed by atoms with E-state index in [9.17, 15) is 4.79 Å². The van der Waals surface area contributed by atoms with Crippen LogP contribution in [0.1, 0.15) is 32.6 Å². The zero-order chi connectivity index (χ0) is 9.52. The Morgan fingerprint density at radius 1 is 1.38 bits per heavy atom. The summed E-state index contributed by atoms with van der Waals surface area (Å²) in [6, 6.07) is 0. The first-order valence-electron chi connectivity index (χ1n) is 5.33. The molecule has 1 aliphatic rings. The number of carbonyl (C=O) groups excluding carboxylic acids is 1. The monoisotopic (exact) mass is 184 g/mol. The summed E-state index contributed by atoms with van der Waals surface area (Å²) in [6.07, 6.45) is 4.46. The average Bonchev–Trinajstić information content (AvgIpc) is 2.01. The van der Waals surface area contributed by atoms with E-state index in [0.29, 0.717) is 5.92 Å². The van der Waals surface area contributed by atoms with Gasteiger partial charge >= 0.3 is 0 Å². The van der Waals surface area contributed by atoms with Gasteiger partial charge in [0.25, 0.3) is 0 Å². The van der Waals surface area contributed by atoms with Crippen molar-refractivity contribution in [2.75, 3.05) is 19.6 Å². The van der Waals surface area contributed by atoms with E-state index in [2.05, 4.69) is 17.6 Å². The zero-order valence-electron chi connectivity index (χ0n) is 8.44. The zero-order valence-corrected chi connectivity index (χ0v) is 8.44. The van der Waals surface area contributed by atoms with Crippen molar-refractivity contribution in [3.05, 3.63) is 0 Å². The lowest BCUT2D eigenvalue weighted by molar-refractivity contribution is -0.127. The van der Waals surface area contributed by atoms with E-state index in [0.717, 1.165) is 38.9 Å². The molecule has 0 spiro atoms. The highest BCUT2D eigenvalue weighted by molar-refractivity contribution is 5.79. The Kier molecular flexibility index (Phi) is 4.83. The molecule has 1 fully saturated rings. The Morgan fingerprint density at radius 3 is 2.69 bits per heavy atom. The minimum Gasteiger partial charge on any atom is -0.356 e. The fourth-order valence-electron chi connectivity index (χ4n) is 1.42. The Morgan fingerprint density at radius 2 is 2.15 bits per heavy atom. The van der Waals surface area contributed by atoms with E-state index in [4.69, 9.17) is 0 Å². The molecule has 3 heteroatoms. The lowest BCUT2D eigenvalue weighted by Crippen LogP contribution is -2.35. The summed E-state index contributed by atoms with van der Waals surface area (Å²) < 4.78 is 0. The molecule has 1 saturated carbocycles. The molecule has 1 aliphatic carbocycles. The summed E-state index contributed by atoms with van der Waals surface area (Å²) in [5.74, 6) is 0.599. The van der Waals surface area contributed by atoms with Crippen LogP contribution in [-0.2, 0) is 4.79 Å². The van der Waals surface area contributed by atoms with Gasteiger partial charge in [0.05, 0.1) is 0 Å². The van der Waals surface area contributed by atoms with Gasteiger partial charge in [0.1, 0.15) is 0 Å². The quantitative estimate of drug-likeness (QED) is 0.602. The van der Waals surface area contributed by atoms with Crippen molar-refractivity contribution in [1.82, 2.24) is 10.6 Å². The summed E-state index contributed by atoms with van der Waals surface area (Å²) in [5.41, 5.74) is 0. The van der Waals surface area contributed by atoms with Crippen LogP contribution in [0.15, 0.2) is 0 Å². The lowest BCUT2D eigenvalue weighted by Gasteiger charge is -2.23. The molecule has 0 aromatic rings. The van der Waals surface area contributed by atoms with E-state index in [1.807, 2.05) is 0 Å². The topological polar surface area (TPSA) is 41.1 Å². The summed E-state index contributed by atoms with van der Waals surface area (Å²) >= 11 is 0.